The summed E-state index contributed by atoms with van der Waals surface area (Å²) in [6, 6.07) is 13.6. The Bertz CT molecular complexity index is 657. The standard InChI is InChI=1S/C13H12N4/c14-10-3-1-4-11(9-10)16-13-6-2-5-12-15-7-8-17(12)13/h1-9,16H,14H2. The first-order valence-electron chi connectivity index (χ1n) is 5.37. The molecule has 3 rings (SSSR count). The second-order valence-electron chi connectivity index (χ2n) is 3.82. The minimum atomic E-state index is 0.743. The summed E-state index contributed by atoms with van der Waals surface area (Å²) < 4.78 is 1.99. The Morgan fingerprint density at radius 2 is 2.00 bits per heavy atom. The molecule has 3 N–H and O–H groups in total. The van der Waals surface area contributed by atoms with Crippen molar-refractivity contribution in [3.8, 4) is 0 Å². The number of aromatic nitrogens is 2. The number of nitrogens with zero attached hydrogens (tertiary/aromatic N) is 2. The van der Waals surface area contributed by atoms with Crippen molar-refractivity contribution in [1.82, 2.24) is 9.38 Å². The Kier molecular flexibility index (Phi) is 2.19. The SMILES string of the molecule is Nc1cccc(Nc2cccc3nccn23)c1. The van der Waals surface area contributed by atoms with Crippen molar-refractivity contribution in [3.05, 3.63) is 54.9 Å². The molecule has 0 unspecified atom stereocenters. The number of nitrogen functional groups attached to an aromatic ring is 1. The number of fused-ring (bicyclic) bond motifs is 1. The van der Waals surface area contributed by atoms with Crippen LogP contribution >= 0.6 is 0 Å². The average Bonchev–Trinajstić information content (AvgIpc) is 2.78. The number of anilines is 3. The second kappa shape index (κ2) is 3.83. The lowest BCUT2D eigenvalue weighted by Crippen LogP contribution is -1.97. The van der Waals surface area contributed by atoms with Gasteiger partial charge in [0.25, 0.3) is 0 Å². The van der Waals surface area contributed by atoms with Crippen LogP contribution < -0.4 is 11.1 Å². The Balaban J connectivity index is 2.02. The lowest BCUT2D eigenvalue weighted by molar-refractivity contribution is 1.18. The van der Waals surface area contributed by atoms with E-state index in [1.165, 1.54) is 0 Å². The first-order valence-corrected chi connectivity index (χ1v) is 5.37. The number of imidazole rings is 1. The van der Waals surface area contributed by atoms with Gasteiger partial charge >= 0.3 is 0 Å². The third kappa shape index (κ3) is 1.80. The van der Waals surface area contributed by atoms with Gasteiger partial charge in [-0.1, -0.05) is 12.1 Å². The maximum atomic E-state index is 5.75. The summed E-state index contributed by atoms with van der Waals surface area (Å²) in [6.45, 7) is 0. The summed E-state index contributed by atoms with van der Waals surface area (Å²) in [7, 11) is 0. The third-order valence-corrected chi connectivity index (χ3v) is 2.59. The number of nitrogens with one attached hydrogen (secondary N) is 1. The van der Waals surface area contributed by atoms with Gasteiger partial charge in [0.2, 0.25) is 0 Å². The van der Waals surface area contributed by atoms with Gasteiger partial charge in [-0.25, -0.2) is 4.98 Å². The summed E-state index contributed by atoms with van der Waals surface area (Å²) in [4.78, 5) is 4.24. The molecule has 0 fully saturated rings. The van der Waals surface area contributed by atoms with Crippen molar-refractivity contribution in [2.75, 3.05) is 11.1 Å². The van der Waals surface area contributed by atoms with Crippen LogP contribution in [0.1, 0.15) is 0 Å². The van der Waals surface area contributed by atoms with Crippen molar-refractivity contribution in [1.29, 1.82) is 0 Å². The minimum absolute atomic E-state index is 0.743. The largest absolute Gasteiger partial charge is 0.399 e. The van der Waals surface area contributed by atoms with Gasteiger partial charge in [-0.05, 0) is 30.3 Å². The van der Waals surface area contributed by atoms with E-state index in [2.05, 4.69) is 10.3 Å². The molecule has 0 saturated carbocycles. The number of hydrogen-bond acceptors (Lipinski definition) is 3. The summed E-state index contributed by atoms with van der Waals surface area (Å²) in [6.07, 6.45) is 3.70. The normalized spacial score (nSPS) is 10.6. The molecule has 4 nitrogen and oxygen atoms in total. The molecular formula is C13H12N4. The first-order chi connectivity index (χ1) is 8.33. The van der Waals surface area contributed by atoms with E-state index in [1.54, 1.807) is 6.20 Å². The molecule has 17 heavy (non-hydrogen) atoms. The molecule has 0 aliphatic heterocycles. The molecule has 0 aliphatic rings. The van der Waals surface area contributed by atoms with Gasteiger partial charge in [-0.15, -0.1) is 0 Å². The van der Waals surface area contributed by atoms with Crippen LogP contribution in [0.5, 0.6) is 0 Å². The van der Waals surface area contributed by atoms with Crippen LogP contribution in [0.4, 0.5) is 17.2 Å². The van der Waals surface area contributed by atoms with Crippen molar-refractivity contribution in [2.24, 2.45) is 0 Å². The molecule has 0 radical (unpaired) electrons. The highest BCUT2D eigenvalue weighted by atomic mass is 15.1. The molecular weight excluding hydrogens is 212 g/mol. The molecule has 4 heteroatoms. The van der Waals surface area contributed by atoms with Crippen molar-refractivity contribution >= 4 is 22.8 Å². The highest BCUT2D eigenvalue weighted by Gasteiger charge is 2.00. The van der Waals surface area contributed by atoms with E-state index in [0.717, 1.165) is 22.8 Å². The number of benzene rings is 1. The maximum Gasteiger partial charge on any atom is 0.138 e. The number of nitrogens with two attached hydrogens (primary N) is 1. The first kappa shape index (κ1) is 9.72. The molecule has 0 amide bonds. The molecule has 2 aromatic heterocycles. The van der Waals surface area contributed by atoms with Crippen LogP contribution in [-0.2, 0) is 0 Å². The molecule has 1 aromatic carbocycles. The molecule has 3 aromatic rings. The highest BCUT2D eigenvalue weighted by molar-refractivity contribution is 5.63. The lowest BCUT2D eigenvalue weighted by atomic mass is 10.3. The zero-order valence-electron chi connectivity index (χ0n) is 9.17. The molecule has 0 atom stereocenters. The zero-order valence-corrected chi connectivity index (χ0v) is 9.17. The fourth-order valence-electron chi connectivity index (χ4n) is 1.81. The third-order valence-electron chi connectivity index (χ3n) is 2.59. The summed E-state index contributed by atoms with van der Waals surface area (Å²) in [5.74, 6) is 0.964. The zero-order chi connectivity index (χ0) is 11.7. The molecule has 0 spiro atoms. The predicted molar refractivity (Wildman–Crippen MR) is 69.3 cm³/mol. The summed E-state index contributed by atoms with van der Waals surface area (Å²) in [5, 5.41) is 3.32. The van der Waals surface area contributed by atoms with Crippen LogP contribution in [-0.4, -0.2) is 9.38 Å². The fraction of sp³-hybridized carbons (Fsp3) is 0. The van der Waals surface area contributed by atoms with E-state index >= 15 is 0 Å². The average molecular weight is 224 g/mol. The van der Waals surface area contributed by atoms with Crippen LogP contribution in [0.15, 0.2) is 54.9 Å². The van der Waals surface area contributed by atoms with Gasteiger partial charge in [-0.3, -0.25) is 4.40 Å². The summed E-state index contributed by atoms with van der Waals surface area (Å²) >= 11 is 0. The lowest BCUT2D eigenvalue weighted by Gasteiger charge is -2.09. The number of pyridine rings is 1. The van der Waals surface area contributed by atoms with E-state index in [0.29, 0.717) is 0 Å². The van der Waals surface area contributed by atoms with E-state index in [4.69, 9.17) is 5.73 Å². The van der Waals surface area contributed by atoms with Gasteiger partial charge in [0.05, 0.1) is 0 Å². The maximum absolute atomic E-state index is 5.75. The molecule has 0 aliphatic carbocycles. The molecule has 0 bridgehead atoms. The Hall–Kier alpha value is -2.49. The van der Waals surface area contributed by atoms with E-state index < -0.39 is 0 Å². The minimum Gasteiger partial charge on any atom is -0.399 e. The van der Waals surface area contributed by atoms with Crippen LogP contribution in [0.25, 0.3) is 5.65 Å². The monoisotopic (exact) mass is 224 g/mol. The van der Waals surface area contributed by atoms with Crippen LogP contribution in [0.3, 0.4) is 0 Å². The van der Waals surface area contributed by atoms with Gasteiger partial charge in [-0.2, -0.15) is 0 Å². The number of rotatable bonds is 2. The smallest absolute Gasteiger partial charge is 0.138 e. The van der Waals surface area contributed by atoms with E-state index in [1.807, 2.05) is 53.1 Å². The van der Waals surface area contributed by atoms with E-state index in [9.17, 15) is 0 Å². The predicted octanol–water partition coefficient (Wildman–Crippen LogP) is 2.66. The molecule has 2 heterocycles. The van der Waals surface area contributed by atoms with Gasteiger partial charge in [0.15, 0.2) is 0 Å². The van der Waals surface area contributed by atoms with E-state index in [-0.39, 0.29) is 0 Å². The Labute approximate surface area is 98.7 Å². The van der Waals surface area contributed by atoms with Crippen molar-refractivity contribution in [2.45, 2.75) is 0 Å². The highest BCUT2D eigenvalue weighted by Crippen LogP contribution is 2.19. The quantitative estimate of drug-likeness (QED) is 0.658. The van der Waals surface area contributed by atoms with Crippen molar-refractivity contribution < 1.29 is 0 Å². The fourth-order valence-corrected chi connectivity index (χ4v) is 1.81. The Morgan fingerprint density at radius 1 is 1.12 bits per heavy atom. The topological polar surface area (TPSA) is 55.3 Å². The number of hydrogen-bond donors (Lipinski definition) is 2. The Morgan fingerprint density at radius 3 is 2.88 bits per heavy atom. The second-order valence-corrected chi connectivity index (χ2v) is 3.82. The van der Waals surface area contributed by atoms with Gasteiger partial charge in [0.1, 0.15) is 11.5 Å². The molecule has 84 valence electrons. The molecule has 0 saturated heterocycles. The summed E-state index contributed by atoms with van der Waals surface area (Å²) in [5.41, 5.74) is 8.37. The van der Waals surface area contributed by atoms with Crippen molar-refractivity contribution in [3.63, 3.8) is 0 Å². The van der Waals surface area contributed by atoms with Gasteiger partial charge < -0.3 is 11.1 Å². The van der Waals surface area contributed by atoms with Crippen LogP contribution in [0, 0.1) is 0 Å². The van der Waals surface area contributed by atoms with Crippen LogP contribution in [0.2, 0.25) is 0 Å². The van der Waals surface area contributed by atoms with Gasteiger partial charge in [0, 0.05) is 23.8 Å².